The van der Waals surface area contributed by atoms with Crippen LogP contribution in [0.2, 0.25) is 0 Å². The second-order valence-electron chi connectivity index (χ2n) is 7.95. The SMILES string of the molecule is CCCC(CN(C)CCOCCN(C)CC(CCC)N(C)C)N(C)C. The molecule has 0 aliphatic carbocycles. The summed E-state index contributed by atoms with van der Waals surface area (Å²) in [5.74, 6) is 0. The molecular weight excluding hydrogens is 312 g/mol. The summed E-state index contributed by atoms with van der Waals surface area (Å²) in [6, 6.07) is 1.28. The molecule has 2 atom stereocenters. The molecule has 0 aromatic heterocycles. The fourth-order valence-electron chi connectivity index (χ4n) is 3.14. The summed E-state index contributed by atoms with van der Waals surface area (Å²) in [6.45, 7) is 10.4. The van der Waals surface area contributed by atoms with E-state index in [1.807, 2.05) is 0 Å². The lowest BCUT2D eigenvalue weighted by molar-refractivity contribution is 0.0811. The van der Waals surface area contributed by atoms with Crippen molar-refractivity contribution in [1.29, 1.82) is 0 Å². The number of hydrogen-bond donors (Lipinski definition) is 0. The molecule has 5 nitrogen and oxygen atoms in total. The highest BCUT2D eigenvalue weighted by Gasteiger charge is 2.14. The van der Waals surface area contributed by atoms with Gasteiger partial charge in [0, 0.05) is 38.3 Å². The second-order valence-corrected chi connectivity index (χ2v) is 7.95. The minimum absolute atomic E-state index is 0.641. The Balaban J connectivity index is 3.86. The summed E-state index contributed by atoms with van der Waals surface area (Å²) in [7, 11) is 13.1. The van der Waals surface area contributed by atoms with Crippen LogP contribution in [0.25, 0.3) is 0 Å². The number of hydrogen-bond acceptors (Lipinski definition) is 5. The molecule has 0 aliphatic heterocycles. The lowest BCUT2D eigenvalue weighted by Crippen LogP contribution is -2.40. The third kappa shape index (κ3) is 12.7. The van der Waals surface area contributed by atoms with E-state index in [1.165, 1.54) is 25.7 Å². The lowest BCUT2D eigenvalue weighted by atomic mass is 10.1. The molecule has 0 aliphatic rings. The van der Waals surface area contributed by atoms with Crippen molar-refractivity contribution in [2.24, 2.45) is 0 Å². The molecule has 2 unspecified atom stereocenters. The van der Waals surface area contributed by atoms with Crippen molar-refractivity contribution in [3.05, 3.63) is 0 Å². The molecule has 0 rings (SSSR count). The quantitative estimate of drug-likeness (QED) is 0.394. The van der Waals surface area contributed by atoms with Gasteiger partial charge in [0.25, 0.3) is 0 Å². The van der Waals surface area contributed by atoms with Gasteiger partial charge in [0.15, 0.2) is 0 Å². The van der Waals surface area contributed by atoms with E-state index in [4.69, 9.17) is 4.74 Å². The highest BCUT2D eigenvalue weighted by molar-refractivity contribution is 4.71. The van der Waals surface area contributed by atoms with Crippen LogP contribution in [0.4, 0.5) is 0 Å². The molecule has 152 valence electrons. The Morgan fingerprint density at radius 2 is 1.00 bits per heavy atom. The van der Waals surface area contributed by atoms with Gasteiger partial charge in [-0.1, -0.05) is 26.7 Å². The summed E-state index contributed by atoms with van der Waals surface area (Å²) >= 11 is 0. The monoisotopic (exact) mass is 358 g/mol. The second kappa shape index (κ2) is 14.9. The molecule has 25 heavy (non-hydrogen) atoms. The first-order valence-corrected chi connectivity index (χ1v) is 10.1. The molecule has 0 bridgehead atoms. The topological polar surface area (TPSA) is 22.2 Å². The number of rotatable bonds is 16. The molecule has 0 amide bonds. The Bertz CT molecular complexity index is 271. The van der Waals surface area contributed by atoms with E-state index in [-0.39, 0.29) is 0 Å². The normalized spacial score (nSPS) is 14.9. The molecule has 0 N–H and O–H groups in total. The fraction of sp³-hybridized carbons (Fsp3) is 1.00. The first-order chi connectivity index (χ1) is 11.8. The predicted molar refractivity (Wildman–Crippen MR) is 111 cm³/mol. The van der Waals surface area contributed by atoms with Crippen LogP contribution in [0.3, 0.4) is 0 Å². The van der Waals surface area contributed by atoms with Crippen molar-refractivity contribution < 1.29 is 4.74 Å². The number of ether oxygens (including phenoxy) is 1. The van der Waals surface area contributed by atoms with Gasteiger partial charge in [0.05, 0.1) is 13.2 Å². The van der Waals surface area contributed by atoms with Gasteiger partial charge in [-0.25, -0.2) is 0 Å². The minimum atomic E-state index is 0.641. The molecule has 0 heterocycles. The minimum Gasteiger partial charge on any atom is -0.379 e. The van der Waals surface area contributed by atoms with E-state index in [9.17, 15) is 0 Å². The molecule has 0 saturated heterocycles. The smallest absolute Gasteiger partial charge is 0.0593 e. The van der Waals surface area contributed by atoms with Crippen LogP contribution in [-0.2, 0) is 4.74 Å². The molecular formula is C20H46N4O. The van der Waals surface area contributed by atoms with E-state index >= 15 is 0 Å². The van der Waals surface area contributed by atoms with Gasteiger partial charge < -0.3 is 24.3 Å². The summed E-state index contributed by atoms with van der Waals surface area (Å²) in [5.41, 5.74) is 0. The van der Waals surface area contributed by atoms with E-state index in [2.05, 4.69) is 75.7 Å². The zero-order valence-corrected chi connectivity index (χ0v) is 18.4. The van der Waals surface area contributed by atoms with Crippen molar-refractivity contribution in [2.45, 2.75) is 51.6 Å². The van der Waals surface area contributed by atoms with Crippen LogP contribution >= 0.6 is 0 Å². The van der Waals surface area contributed by atoms with Crippen LogP contribution in [0.1, 0.15) is 39.5 Å². The lowest BCUT2D eigenvalue weighted by Gasteiger charge is -2.29. The summed E-state index contributed by atoms with van der Waals surface area (Å²) < 4.78 is 5.87. The molecule has 5 heteroatoms. The maximum atomic E-state index is 5.87. The predicted octanol–water partition coefficient (Wildman–Crippen LogP) is 2.33. The average molecular weight is 359 g/mol. The van der Waals surface area contributed by atoms with Crippen LogP contribution in [0.15, 0.2) is 0 Å². The third-order valence-electron chi connectivity index (χ3n) is 4.98. The van der Waals surface area contributed by atoms with Crippen molar-refractivity contribution in [3.8, 4) is 0 Å². The van der Waals surface area contributed by atoms with Gasteiger partial charge in [-0.2, -0.15) is 0 Å². The Kier molecular flexibility index (Phi) is 14.8. The Morgan fingerprint density at radius 1 is 0.640 bits per heavy atom. The Morgan fingerprint density at radius 3 is 1.28 bits per heavy atom. The van der Waals surface area contributed by atoms with E-state index in [0.29, 0.717) is 12.1 Å². The summed E-state index contributed by atoms with van der Waals surface area (Å²) in [6.07, 6.45) is 5.00. The number of nitrogens with zero attached hydrogens (tertiary/aromatic N) is 4. The molecule has 0 radical (unpaired) electrons. The zero-order valence-electron chi connectivity index (χ0n) is 18.4. The van der Waals surface area contributed by atoms with E-state index in [0.717, 1.165) is 39.4 Å². The van der Waals surface area contributed by atoms with Crippen molar-refractivity contribution in [1.82, 2.24) is 19.6 Å². The molecule has 0 saturated carbocycles. The van der Waals surface area contributed by atoms with Gasteiger partial charge in [0.1, 0.15) is 0 Å². The van der Waals surface area contributed by atoms with E-state index < -0.39 is 0 Å². The standard InChI is InChI=1S/C20H46N4O/c1-9-11-19(21(3)4)17-23(7)13-15-25-16-14-24(8)18-20(12-10-2)22(5)6/h19-20H,9-18H2,1-8H3. The van der Waals surface area contributed by atoms with Crippen molar-refractivity contribution >= 4 is 0 Å². The summed E-state index contributed by atoms with van der Waals surface area (Å²) in [5, 5.41) is 0. The van der Waals surface area contributed by atoms with Crippen molar-refractivity contribution in [3.63, 3.8) is 0 Å². The summed E-state index contributed by atoms with van der Waals surface area (Å²) in [4.78, 5) is 9.47. The van der Waals surface area contributed by atoms with Gasteiger partial charge in [-0.3, -0.25) is 0 Å². The molecule has 0 aromatic rings. The molecule has 0 aromatic carbocycles. The zero-order chi connectivity index (χ0) is 19.2. The largest absolute Gasteiger partial charge is 0.379 e. The Hall–Kier alpha value is -0.200. The van der Waals surface area contributed by atoms with Crippen LogP contribution in [0, 0.1) is 0 Å². The highest BCUT2D eigenvalue weighted by atomic mass is 16.5. The molecule has 0 fully saturated rings. The first kappa shape index (κ1) is 24.8. The fourth-order valence-corrected chi connectivity index (χ4v) is 3.14. The van der Waals surface area contributed by atoms with Gasteiger partial charge >= 0.3 is 0 Å². The van der Waals surface area contributed by atoms with Crippen LogP contribution in [-0.4, -0.2) is 113 Å². The molecule has 0 spiro atoms. The maximum Gasteiger partial charge on any atom is 0.0593 e. The third-order valence-corrected chi connectivity index (χ3v) is 4.98. The van der Waals surface area contributed by atoms with Gasteiger partial charge in [-0.15, -0.1) is 0 Å². The van der Waals surface area contributed by atoms with Gasteiger partial charge in [0.2, 0.25) is 0 Å². The van der Waals surface area contributed by atoms with Gasteiger partial charge in [-0.05, 0) is 55.1 Å². The Labute approximate surface area is 158 Å². The van der Waals surface area contributed by atoms with Crippen LogP contribution < -0.4 is 0 Å². The highest BCUT2D eigenvalue weighted by Crippen LogP contribution is 2.06. The maximum absolute atomic E-state index is 5.87. The van der Waals surface area contributed by atoms with Crippen LogP contribution in [0.5, 0.6) is 0 Å². The average Bonchev–Trinajstić information content (AvgIpc) is 2.53. The van der Waals surface area contributed by atoms with E-state index in [1.54, 1.807) is 0 Å². The number of likely N-dealkylation sites (N-methyl/N-ethyl adjacent to an activating group) is 4. The van der Waals surface area contributed by atoms with Crippen molar-refractivity contribution in [2.75, 3.05) is 81.7 Å². The first-order valence-electron chi connectivity index (χ1n) is 10.1.